The van der Waals surface area contributed by atoms with Gasteiger partial charge in [-0.25, -0.2) is 0 Å². The van der Waals surface area contributed by atoms with Crippen molar-refractivity contribution >= 4 is 17.5 Å². The van der Waals surface area contributed by atoms with Crippen LogP contribution in [-0.2, 0) is 0 Å². The highest BCUT2D eigenvalue weighted by Gasteiger charge is 2.21. The molecule has 0 radical (unpaired) electrons. The van der Waals surface area contributed by atoms with Crippen molar-refractivity contribution in [1.29, 1.82) is 0 Å². The molecule has 1 aromatic heterocycles. The quantitative estimate of drug-likeness (QED) is 0.820. The third kappa shape index (κ3) is 4.54. The Hall–Kier alpha value is -2.69. The van der Waals surface area contributed by atoms with Gasteiger partial charge >= 0.3 is 0 Å². The first-order valence-corrected chi connectivity index (χ1v) is 9.73. The molecule has 0 atom stereocenters. The molecule has 1 aromatic carbocycles. The Balaban J connectivity index is 1.83. The number of benzene rings is 1. The lowest BCUT2D eigenvalue weighted by Crippen LogP contribution is -2.33. The van der Waals surface area contributed by atoms with Gasteiger partial charge < -0.3 is 9.80 Å². The van der Waals surface area contributed by atoms with Crippen LogP contribution < -0.4 is 4.90 Å². The number of anilines is 1. The van der Waals surface area contributed by atoms with Crippen molar-refractivity contribution < 1.29 is 9.59 Å². The van der Waals surface area contributed by atoms with Crippen molar-refractivity contribution in [1.82, 2.24) is 9.88 Å². The zero-order valence-corrected chi connectivity index (χ0v) is 16.1. The second-order valence-electron chi connectivity index (χ2n) is 7.06. The maximum absolute atomic E-state index is 13.1. The second-order valence-corrected chi connectivity index (χ2v) is 7.06. The third-order valence-electron chi connectivity index (χ3n) is 5.00. The van der Waals surface area contributed by atoms with Crippen molar-refractivity contribution in [3.63, 3.8) is 0 Å². The SMILES string of the molecule is CCN(C(=O)c1cncc(C(=O)N2CCCCCC2)c1)c1cccc(C)c1. The fourth-order valence-corrected chi connectivity index (χ4v) is 3.53. The van der Waals surface area contributed by atoms with Crippen LogP contribution >= 0.6 is 0 Å². The summed E-state index contributed by atoms with van der Waals surface area (Å²) in [6.07, 6.45) is 7.52. The second kappa shape index (κ2) is 8.80. The van der Waals surface area contributed by atoms with Crippen molar-refractivity contribution in [3.8, 4) is 0 Å². The molecule has 0 unspecified atom stereocenters. The average molecular weight is 365 g/mol. The van der Waals surface area contributed by atoms with Gasteiger partial charge in [0.25, 0.3) is 11.8 Å². The highest BCUT2D eigenvalue weighted by Crippen LogP contribution is 2.19. The number of aromatic nitrogens is 1. The van der Waals surface area contributed by atoms with Gasteiger partial charge in [0, 0.05) is 37.7 Å². The molecule has 142 valence electrons. The van der Waals surface area contributed by atoms with Crippen LogP contribution in [-0.4, -0.2) is 41.3 Å². The lowest BCUT2D eigenvalue weighted by atomic mass is 10.1. The lowest BCUT2D eigenvalue weighted by Gasteiger charge is -2.22. The van der Waals surface area contributed by atoms with E-state index in [-0.39, 0.29) is 11.8 Å². The highest BCUT2D eigenvalue weighted by atomic mass is 16.2. The summed E-state index contributed by atoms with van der Waals surface area (Å²) < 4.78 is 0. The van der Waals surface area contributed by atoms with E-state index >= 15 is 0 Å². The molecule has 0 bridgehead atoms. The van der Waals surface area contributed by atoms with Crippen LogP contribution in [0.3, 0.4) is 0 Å². The van der Waals surface area contributed by atoms with Crippen LogP contribution in [0.4, 0.5) is 5.69 Å². The predicted octanol–water partition coefficient (Wildman–Crippen LogP) is 4.07. The molecule has 1 saturated heterocycles. The summed E-state index contributed by atoms with van der Waals surface area (Å²) in [6, 6.07) is 9.54. The smallest absolute Gasteiger partial charge is 0.259 e. The summed E-state index contributed by atoms with van der Waals surface area (Å²) in [7, 11) is 0. The summed E-state index contributed by atoms with van der Waals surface area (Å²) in [5, 5.41) is 0. The fraction of sp³-hybridized carbons (Fsp3) is 0.409. The van der Waals surface area contributed by atoms with Crippen molar-refractivity contribution in [2.45, 2.75) is 39.5 Å². The summed E-state index contributed by atoms with van der Waals surface area (Å²) in [5.41, 5.74) is 2.88. The zero-order valence-electron chi connectivity index (χ0n) is 16.1. The van der Waals surface area contributed by atoms with Gasteiger partial charge in [0.1, 0.15) is 0 Å². The number of carbonyl (C=O) groups is 2. The topological polar surface area (TPSA) is 53.5 Å². The van der Waals surface area contributed by atoms with Gasteiger partial charge in [0.2, 0.25) is 0 Å². The average Bonchev–Trinajstić information content (AvgIpc) is 2.97. The molecular weight excluding hydrogens is 338 g/mol. The van der Waals surface area contributed by atoms with Gasteiger partial charge in [-0.05, 0) is 50.5 Å². The predicted molar refractivity (Wildman–Crippen MR) is 107 cm³/mol. The first-order chi connectivity index (χ1) is 13.1. The maximum atomic E-state index is 13.1. The molecule has 1 aliphatic rings. The first kappa shape index (κ1) is 19.1. The molecule has 0 N–H and O–H groups in total. The van der Waals surface area contributed by atoms with Gasteiger partial charge in [-0.2, -0.15) is 0 Å². The Morgan fingerprint density at radius 3 is 2.41 bits per heavy atom. The molecule has 5 nitrogen and oxygen atoms in total. The molecule has 2 heterocycles. The van der Waals surface area contributed by atoms with E-state index in [0.717, 1.165) is 37.2 Å². The minimum absolute atomic E-state index is 0.0299. The highest BCUT2D eigenvalue weighted by molar-refractivity contribution is 6.07. The van der Waals surface area contributed by atoms with Gasteiger partial charge in [-0.3, -0.25) is 14.6 Å². The number of hydrogen-bond donors (Lipinski definition) is 0. The van der Waals surface area contributed by atoms with E-state index in [4.69, 9.17) is 0 Å². The van der Waals surface area contributed by atoms with Gasteiger partial charge in [-0.15, -0.1) is 0 Å². The summed E-state index contributed by atoms with van der Waals surface area (Å²) in [6.45, 7) is 6.05. The van der Waals surface area contributed by atoms with E-state index in [9.17, 15) is 9.59 Å². The van der Waals surface area contributed by atoms with Gasteiger partial charge in [0.15, 0.2) is 0 Å². The Bertz CT molecular complexity index is 811. The van der Waals surface area contributed by atoms with Crippen molar-refractivity contribution in [2.24, 2.45) is 0 Å². The third-order valence-corrected chi connectivity index (χ3v) is 5.00. The molecule has 0 saturated carbocycles. The van der Waals surface area contributed by atoms with E-state index in [1.807, 2.05) is 43.0 Å². The molecule has 2 amide bonds. The molecule has 0 aliphatic carbocycles. The van der Waals surface area contributed by atoms with E-state index < -0.39 is 0 Å². The molecule has 1 aliphatic heterocycles. The van der Waals surface area contributed by atoms with Crippen LogP contribution in [0.2, 0.25) is 0 Å². The number of rotatable bonds is 4. The summed E-state index contributed by atoms with van der Waals surface area (Å²) >= 11 is 0. The molecular formula is C22H27N3O2. The Morgan fingerprint density at radius 1 is 1.04 bits per heavy atom. The molecule has 2 aromatic rings. The number of likely N-dealkylation sites (tertiary alicyclic amines) is 1. The summed E-state index contributed by atoms with van der Waals surface area (Å²) in [5.74, 6) is -0.168. The number of amides is 2. The largest absolute Gasteiger partial charge is 0.339 e. The number of nitrogens with zero attached hydrogens (tertiary/aromatic N) is 3. The minimum Gasteiger partial charge on any atom is -0.339 e. The van der Waals surface area contributed by atoms with Crippen molar-refractivity contribution in [2.75, 3.05) is 24.5 Å². The lowest BCUT2D eigenvalue weighted by molar-refractivity contribution is 0.0761. The number of aryl methyl sites for hydroxylation is 1. The fourth-order valence-electron chi connectivity index (χ4n) is 3.53. The molecule has 27 heavy (non-hydrogen) atoms. The Labute approximate surface area is 161 Å². The van der Waals surface area contributed by atoms with E-state index in [2.05, 4.69) is 4.98 Å². The van der Waals surface area contributed by atoms with Crippen LogP contribution in [0.1, 0.15) is 58.9 Å². The Kier molecular flexibility index (Phi) is 6.22. The standard InChI is InChI=1S/C22H27N3O2/c1-3-25(20-10-8-9-17(2)13-20)22(27)19-14-18(15-23-16-19)21(26)24-11-6-4-5-7-12-24/h8-10,13-16H,3-7,11-12H2,1-2H3. The number of hydrogen-bond acceptors (Lipinski definition) is 3. The number of carbonyl (C=O) groups excluding carboxylic acids is 2. The van der Waals surface area contributed by atoms with Crippen molar-refractivity contribution in [3.05, 3.63) is 59.4 Å². The van der Waals surface area contributed by atoms with E-state index in [1.54, 1.807) is 23.4 Å². The zero-order chi connectivity index (χ0) is 19.2. The Morgan fingerprint density at radius 2 is 1.74 bits per heavy atom. The molecule has 0 spiro atoms. The monoisotopic (exact) mass is 365 g/mol. The van der Waals surface area contributed by atoms with Crippen LogP contribution in [0.25, 0.3) is 0 Å². The molecule has 3 rings (SSSR count). The number of pyridine rings is 1. The maximum Gasteiger partial charge on any atom is 0.259 e. The van der Waals surface area contributed by atoms with Gasteiger partial charge in [0.05, 0.1) is 11.1 Å². The summed E-state index contributed by atoms with van der Waals surface area (Å²) in [4.78, 5) is 33.7. The normalized spacial score (nSPS) is 14.5. The van der Waals surface area contributed by atoms with Crippen LogP contribution in [0.15, 0.2) is 42.7 Å². The van der Waals surface area contributed by atoms with Crippen LogP contribution in [0.5, 0.6) is 0 Å². The van der Waals surface area contributed by atoms with E-state index in [1.165, 1.54) is 12.8 Å². The van der Waals surface area contributed by atoms with Crippen LogP contribution in [0, 0.1) is 6.92 Å². The molecule has 5 heteroatoms. The van der Waals surface area contributed by atoms with E-state index in [0.29, 0.717) is 17.7 Å². The first-order valence-electron chi connectivity index (χ1n) is 9.73. The minimum atomic E-state index is -0.138. The molecule has 1 fully saturated rings. The van der Waals surface area contributed by atoms with Gasteiger partial charge in [-0.1, -0.05) is 25.0 Å².